The molecule has 0 spiro atoms. The first-order chi connectivity index (χ1) is 20.3. The summed E-state index contributed by atoms with van der Waals surface area (Å²) in [5, 5.41) is 0.868. The Morgan fingerprint density at radius 2 is 1.69 bits per heavy atom. The third-order valence-electron chi connectivity index (χ3n) is 7.65. The highest BCUT2D eigenvalue weighted by Gasteiger charge is 2.46. The maximum atomic E-state index is 13.9. The summed E-state index contributed by atoms with van der Waals surface area (Å²) in [6, 6.07) is 28.3. The summed E-state index contributed by atoms with van der Waals surface area (Å²) in [5.41, 5.74) is 4.77. The molecule has 0 saturated carbocycles. The summed E-state index contributed by atoms with van der Waals surface area (Å²) in [7, 11) is 1.56. The molecule has 6 rings (SSSR count). The number of hydrogen-bond donors (Lipinski definition) is 0. The van der Waals surface area contributed by atoms with Gasteiger partial charge < -0.3 is 9.64 Å². The van der Waals surface area contributed by atoms with Crippen molar-refractivity contribution in [2.75, 3.05) is 12.0 Å². The van der Waals surface area contributed by atoms with E-state index in [0.717, 1.165) is 26.4 Å². The second-order valence-corrected chi connectivity index (χ2v) is 11.4. The Hall–Kier alpha value is -4.82. The van der Waals surface area contributed by atoms with Gasteiger partial charge in [-0.25, -0.2) is 9.88 Å². The Kier molecular flexibility index (Phi) is 7.31. The number of hydrogen-bond acceptors (Lipinski definition) is 6. The van der Waals surface area contributed by atoms with Crippen LogP contribution in [0.3, 0.4) is 0 Å². The number of methoxy groups -OCH3 is 1. The van der Waals surface area contributed by atoms with E-state index in [1.165, 1.54) is 15.4 Å². The Morgan fingerprint density at radius 1 is 0.976 bits per heavy atom. The molecule has 1 aromatic heterocycles. The average Bonchev–Trinajstić information content (AvgIpc) is 3.57. The van der Waals surface area contributed by atoms with Gasteiger partial charge in [-0.05, 0) is 85.6 Å². The minimum absolute atomic E-state index is 0.100. The van der Waals surface area contributed by atoms with Crippen LogP contribution in [-0.2, 0) is 9.59 Å². The van der Waals surface area contributed by atoms with E-state index in [9.17, 15) is 14.4 Å². The first-order valence-electron chi connectivity index (χ1n) is 13.7. The van der Waals surface area contributed by atoms with Crippen LogP contribution in [-0.4, -0.2) is 40.8 Å². The Morgan fingerprint density at radius 3 is 2.38 bits per heavy atom. The molecular formula is C34H29N3O4S. The first-order valence-corrected chi connectivity index (χ1v) is 14.5. The van der Waals surface area contributed by atoms with Gasteiger partial charge in [-0.1, -0.05) is 36.4 Å². The van der Waals surface area contributed by atoms with Gasteiger partial charge in [-0.2, -0.15) is 0 Å². The standard InChI is InChI=1S/C34H29N3O4S/c1-21-9-18-28-30(19-21)42-32(35-28)24-10-14-26(15-11-24)37-31(38)20-29(34(37)40)36(22(2)23-7-5-4-6-8-23)33(39)25-12-16-27(41-3)17-13-25/h4-19,22,29H,20H2,1-3H3. The molecule has 7 nitrogen and oxygen atoms in total. The van der Waals surface area contributed by atoms with E-state index >= 15 is 0 Å². The quantitative estimate of drug-likeness (QED) is 0.199. The largest absolute Gasteiger partial charge is 0.497 e. The Bertz CT molecular complexity index is 1780. The van der Waals surface area contributed by atoms with Crippen molar-refractivity contribution in [2.45, 2.75) is 32.4 Å². The summed E-state index contributed by atoms with van der Waals surface area (Å²) in [6.07, 6.45) is -0.100. The molecule has 1 saturated heterocycles. The maximum Gasteiger partial charge on any atom is 0.257 e. The number of aryl methyl sites for hydroxylation is 1. The fourth-order valence-corrected chi connectivity index (χ4v) is 6.44. The zero-order chi connectivity index (χ0) is 29.4. The lowest BCUT2D eigenvalue weighted by Crippen LogP contribution is -2.46. The first kappa shape index (κ1) is 27.4. The van der Waals surface area contributed by atoms with Gasteiger partial charge in [0.1, 0.15) is 16.8 Å². The monoisotopic (exact) mass is 575 g/mol. The van der Waals surface area contributed by atoms with Crippen LogP contribution in [0.4, 0.5) is 5.69 Å². The molecule has 0 aliphatic carbocycles. The summed E-state index contributed by atoms with van der Waals surface area (Å²) >= 11 is 1.60. The zero-order valence-corrected chi connectivity index (χ0v) is 24.3. The molecule has 2 unspecified atom stereocenters. The minimum atomic E-state index is -0.950. The molecule has 5 aromatic rings. The summed E-state index contributed by atoms with van der Waals surface area (Å²) in [6.45, 7) is 3.93. The number of aromatic nitrogens is 1. The lowest BCUT2D eigenvalue weighted by Gasteiger charge is -2.33. The molecule has 2 heterocycles. The Labute approximate surface area is 248 Å². The van der Waals surface area contributed by atoms with Crippen LogP contribution < -0.4 is 9.64 Å². The lowest BCUT2D eigenvalue weighted by molar-refractivity contribution is -0.122. The molecule has 1 aliphatic rings. The molecular weight excluding hydrogens is 546 g/mol. The highest BCUT2D eigenvalue weighted by Crippen LogP contribution is 2.35. The van der Waals surface area contributed by atoms with E-state index in [1.807, 2.05) is 61.5 Å². The van der Waals surface area contributed by atoms with Crippen molar-refractivity contribution < 1.29 is 19.1 Å². The van der Waals surface area contributed by atoms with E-state index in [-0.39, 0.29) is 18.2 Å². The second-order valence-electron chi connectivity index (χ2n) is 10.4. The SMILES string of the molecule is COc1ccc(C(=O)N(C2CC(=O)N(c3ccc(-c4nc5ccc(C)cc5s4)cc3)C2=O)C(C)c2ccccc2)cc1. The van der Waals surface area contributed by atoms with Crippen LogP contribution >= 0.6 is 11.3 Å². The number of amides is 3. The third-order valence-corrected chi connectivity index (χ3v) is 8.71. The van der Waals surface area contributed by atoms with Crippen molar-refractivity contribution in [1.82, 2.24) is 9.88 Å². The van der Waals surface area contributed by atoms with Crippen molar-refractivity contribution in [3.63, 3.8) is 0 Å². The van der Waals surface area contributed by atoms with Crippen molar-refractivity contribution in [2.24, 2.45) is 0 Å². The Balaban J connectivity index is 1.30. The average molecular weight is 576 g/mol. The number of ether oxygens (including phenoxy) is 1. The highest BCUT2D eigenvalue weighted by atomic mass is 32.1. The molecule has 0 N–H and O–H groups in total. The van der Waals surface area contributed by atoms with Gasteiger partial charge in [0.15, 0.2) is 0 Å². The number of carbonyl (C=O) groups is 3. The zero-order valence-electron chi connectivity index (χ0n) is 23.5. The lowest BCUT2D eigenvalue weighted by atomic mass is 10.0. The number of benzene rings is 4. The van der Waals surface area contributed by atoms with E-state index in [0.29, 0.717) is 17.0 Å². The molecule has 1 fully saturated rings. The van der Waals surface area contributed by atoms with Gasteiger partial charge in [0.25, 0.3) is 11.8 Å². The van der Waals surface area contributed by atoms with Gasteiger partial charge in [0, 0.05) is 11.1 Å². The van der Waals surface area contributed by atoms with Gasteiger partial charge in [-0.3, -0.25) is 14.4 Å². The molecule has 4 aromatic carbocycles. The van der Waals surface area contributed by atoms with Crippen molar-refractivity contribution >= 4 is 45.0 Å². The number of anilines is 1. The number of thiazole rings is 1. The van der Waals surface area contributed by atoms with Crippen LogP contribution in [0.5, 0.6) is 5.75 Å². The predicted molar refractivity (Wildman–Crippen MR) is 165 cm³/mol. The minimum Gasteiger partial charge on any atom is -0.497 e. The molecule has 3 amide bonds. The van der Waals surface area contributed by atoms with E-state index in [4.69, 9.17) is 9.72 Å². The summed E-state index contributed by atoms with van der Waals surface area (Å²) < 4.78 is 6.35. The molecule has 210 valence electrons. The van der Waals surface area contributed by atoms with Crippen LogP contribution in [0.2, 0.25) is 0 Å². The van der Waals surface area contributed by atoms with Gasteiger partial charge in [0.2, 0.25) is 5.91 Å². The van der Waals surface area contributed by atoms with E-state index < -0.39 is 18.0 Å². The molecule has 1 aliphatic heterocycles. The van der Waals surface area contributed by atoms with Crippen molar-refractivity contribution in [1.29, 1.82) is 0 Å². The van der Waals surface area contributed by atoms with Crippen molar-refractivity contribution in [3.05, 3.63) is 114 Å². The van der Waals surface area contributed by atoms with Crippen molar-refractivity contribution in [3.8, 4) is 16.3 Å². The fourth-order valence-electron chi connectivity index (χ4n) is 5.38. The van der Waals surface area contributed by atoms with Crippen LogP contribution in [0, 0.1) is 6.92 Å². The number of rotatable bonds is 7. The normalized spacial score (nSPS) is 15.7. The van der Waals surface area contributed by atoms with E-state index in [2.05, 4.69) is 13.0 Å². The number of imide groups is 1. The van der Waals surface area contributed by atoms with Gasteiger partial charge in [-0.15, -0.1) is 11.3 Å². The smallest absolute Gasteiger partial charge is 0.257 e. The second kappa shape index (κ2) is 11.2. The third kappa shape index (κ3) is 5.05. The van der Waals surface area contributed by atoms with Crippen LogP contribution in [0.15, 0.2) is 97.1 Å². The molecule has 0 radical (unpaired) electrons. The van der Waals surface area contributed by atoms with Crippen LogP contribution in [0.1, 0.15) is 40.9 Å². The highest BCUT2D eigenvalue weighted by molar-refractivity contribution is 7.21. The summed E-state index contributed by atoms with van der Waals surface area (Å²) in [4.78, 5) is 48.7. The molecule has 0 bridgehead atoms. The van der Waals surface area contributed by atoms with Gasteiger partial charge >= 0.3 is 0 Å². The number of fused-ring (bicyclic) bond motifs is 1. The topological polar surface area (TPSA) is 79.8 Å². The number of nitrogens with zero attached hydrogens (tertiary/aromatic N) is 3. The predicted octanol–water partition coefficient (Wildman–Crippen LogP) is 6.82. The van der Waals surface area contributed by atoms with Crippen LogP contribution in [0.25, 0.3) is 20.8 Å². The number of carbonyl (C=O) groups excluding carboxylic acids is 3. The molecule has 2 atom stereocenters. The maximum absolute atomic E-state index is 13.9. The molecule has 42 heavy (non-hydrogen) atoms. The van der Waals surface area contributed by atoms with Gasteiger partial charge in [0.05, 0.1) is 35.5 Å². The fraction of sp³-hybridized carbons (Fsp3) is 0.176. The van der Waals surface area contributed by atoms with E-state index in [1.54, 1.807) is 54.8 Å². The molecule has 8 heteroatoms. The summed E-state index contributed by atoms with van der Waals surface area (Å²) in [5.74, 6) is -0.478.